The topological polar surface area (TPSA) is 64.4 Å². The van der Waals surface area contributed by atoms with E-state index in [2.05, 4.69) is 41.4 Å². The van der Waals surface area contributed by atoms with Crippen molar-refractivity contribution in [2.45, 2.75) is 18.9 Å². The summed E-state index contributed by atoms with van der Waals surface area (Å²) in [7, 11) is 0. The quantitative estimate of drug-likeness (QED) is 0.915. The fourth-order valence-electron chi connectivity index (χ4n) is 2.75. The molecule has 3 rings (SSSR count). The molecule has 1 atom stereocenters. The van der Waals surface area contributed by atoms with Crippen molar-refractivity contribution in [3.05, 3.63) is 70.8 Å². The number of aliphatic imine (C=N–C) groups is 1. The van der Waals surface area contributed by atoms with Crippen LogP contribution in [0.3, 0.4) is 0 Å². The van der Waals surface area contributed by atoms with Gasteiger partial charge in [0, 0.05) is 5.56 Å². The van der Waals surface area contributed by atoms with Gasteiger partial charge < -0.3 is 11.5 Å². The van der Waals surface area contributed by atoms with Crippen LogP contribution in [-0.4, -0.2) is 12.4 Å². The summed E-state index contributed by atoms with van der Waals surface area (Å²) in [4.78, 5) is 4.66. The molecule has 3 nitrogen and oxygen atoms in total. The number of rotatable bonds is 3. The molecule has 110 valence electrons. The Labute approximate surface area is 131 Å². The van der Waals surface area contributed by atoms with Gasteiger partial charge in [0.2, 0.25) is 0 Å². The van der Waals surface area contributed by atoms with Crippen molar-refractivity contribution in [2.24, 2.45) is 16.5 Å². The zero-order chi connectivity index (χ0) is 13.9. The molecule has 1 heterocycles. The Morgan fingerprint density at radius 3 is 2.71 bits per heavy atom. The lowest BCUT2D eigenvalue weighted by atomic mass is 9.91. The average Bonchev–Trinajstić information content (AvgIpc) is 2.48. The van der Waals surface area contributed by atoms with Gasteiger partial charge in [-0.05, 0) is 36.1 Å². The molecular formula is C17H20ClN3. The van der Waals surface area contributed by atoms with Crippen LogP contribution in [0, 0.1) is 0 Å². The van der Waals surface area contributed by atoms with Crippen molar-refractivity contribution >= 4 is 18.2 Å². The Hall–Kier alpha value is -1.84. The second kappa shape index (κ2) is 6.74. The standard InChI is InChI=1S/C17H19N3.ClH/c18-9-8-12-4-3-6-14(10-12)16-11-13-5-1-2-7-15(13)17(19)20-16;/h1-7,10,16H,8-9,11,18H2,(H2,19,20);1H. The monoisotopic (exact) mass is 301 g/mol. The molecule has 0 fully saturated rings. The zero-order valence-corrected chi connectivity index (χ0v) is 12.6. The van der Waals surface area contributed by atoms with E-state index >= 15 is 0 Å². The van der Waals surface area contributed by atoms with Gasteiger partial charge in [-0.25, -0.2) is 0 Å². The van der Waals surface area contributed by atoms with E-state index in [0.29, 0.717) is 12.4 Å². The smallest absolute Gasteiger partial charge is 0.126 e. The third-order valence-electron chi connectivity index (χ3n) is 3.77. The Morgan fingerprint density at radius 2 is 1.90 bits per heavy atom. The molecule has 4 heteroatoms. The maximum absolute atomic E-state index is 6.10. The van der Waals surface area contributed by atoms with Crippen LogP contribution in [0.2, 0.25) is 0 Å². The van der Waals surface area contributed by atoms with E-state index in [1.165, 1.54) is 16.7 Å². The lowest BCUT2D eigenvalue weighted by molar-refractivity contribution is 0.708. The first kappa shape index (κ1) is 15.5. The second-order valence-corrected chi connectivity index (χ2v) is 5.18. The van der Waals surface area contributed by atoms with Crippen molar-refractivity contribution in [2.75, 3.05) is 6.54 Å². The SMILES string of the molecule is Cl.NCCc1cccc(C2Cc3ccccc3C(N)=N2)c1. The highest BCUT2D eigenvalue weighted by molar-refractivity contribution is 5.99. The van der Waals surface area contributed by atoms with E-state index in [1.807, 2.05) is 12.1 Å². The van der Waals surface area contributed by atoms with Crippen LogP contribution in [0.4, 0.5) is 0 Å². The molecule has 1 unspecified atom stereocenters. The van der Waals surface area contributed by atoms with Gasteiger partial charge in [0.15, 0.2) is 0 Å². The van der Waals surface area contributed by atoms with E-state index in [-0.39, 0.29) is 18.4 Å². The van der Waals surface area contributed by atoms with Gasteiger partial charge in [0.05, 0.1) is 6.04 Å². The largest absolute Gasteiger partial charge is 0.383 e. The van der Waals surface area contributed by atoms with Gasteiger partial charge in [0.25, 0.3) is 0 Å². The lowest BCUT2D eigenvalue weighted by Crippen LogP contribution is -2.22. The number of fused-ring (bicyclic) bond motifs is 1. The van der Waals surface area contributed by atoms with Crippen molar-refractivity contribution < 1.29 is 0 Å². The van der Waals surface area contributed by atoms with Crippen molar-refractivity contribution in [3.8, 4) is 0 Å². The van der Waals surface area contributed by atoms with Gasteiger partial charge >= 0.3 is 0 Å². The Bertz CT molecular complexity index is 652. The van der Waals surface area contributed by atoms with Crippen LogP contribution < -0.4 is 11.5 Å². The number of benzene rings is 2. The lowest BCUT2D eigenvalue weighted by Gasteiger charge is -2.22. The molecule has 0 amide bonds. The predicted molar refractivity (Wildman–Crippen MR) is 90.1 cm³/mol. The molecule has 2 aromatic rings. The molecule has 0 bridgehead atoms. The highest BCUT2D eigenvalue weighted by Gasteiger charge is 2.20. The fraction of sp³-hybridized carbons (Fsp3) is 0.235. The summed E-state index contributed by atoms with van der Waals surface area (Å²) in [6.45, 7) is 0.669. The van der Waals surface area contributed by atoms with Crippen LogP contribution in [-0.2, 0) is 12.8 Å². The summed E-state index contributed by atoms with van der Waals surface area (Å²) in [6, 6.07) is 16.8. The molecular weight excluding hydrogens is 282 g/mol. The molecule has 4 N–H and O–H groups in total. The average molecular weight is 302 g/mol. The Morgan fingerprint density at radius 1 is 1.10 bits per heavy atom. The summed E-state index contributed by atoms with van der Waals surface area (Å²) < 4.78 is 0. The van der Waals surface area contributed by atoms with E-state index in [4.69, 9.17) is 11.5 Å². The second-order valence-electron chi connectivity index (χ2n) is 5.18. The third kappa shape index (κ3) is 3.26. The van der Waals surface area contributed by atoms with Gasteiger partial charge in [-0.3, -0.25) is 4.99 Å². The van der Waals surface area contributed by atoms with E-state index in [1.54, 1.807) is 0 Å². The molecule has 0 saturated heterocycles. The Kier molecular flexibility index (Phi) is 4.99. The van der Waals surface area contributed by atoms with E-state index < -0.39 is 0 Å². The molecule has 0 aliphatic carbocycles. The summed E-state index contributed by atoms with van der Waals surface area (Å²) in [5.74, 6) is 0.640. The molecule has 1 aliphatic rings. The van der Waals surface area contributed by atoms with Crippen molar-refractivity contribution in [1.82, 2.24) is 0 Å². The molecule has 2 aromatic carbocycles. The predicted octanol–water partition coefficient (Wildman–Crippen LogP) is 2.61. The highest BCUT2D eigenvalue weighted by atomic mass is 35.5. The first-order valence-corrected chi connectivity index (χ1v) is 6.98. The number of nitrogens with zero attached hydrogens (tertiary/aromatic N) is 1. The summed E-state index contributed by atoms with van der Waals surface area (Å²) in [6.07, 6.45) is 1.80. The van der Waals surface area contributed by atoms with Crippen molar-refractivity contribution in [1.29, 1.82) is 0 Å². The summed E-state index contributed by atoms with van der Waals surface area (Å²) in [5, 5.41) is 0. The van der Waals surface area contributed by atoms with E-state index in [0.717, 1.165) is 18.4 Å². The van der Waals surface area contributed by atoms with Crippen molar-refractivity contribution in [3.63, 3.8) is 0 Å². The fourth-order valence-corrected chi connectivity index (χ4v) is 2.75. The van der Waals surface area contributed by atoms with E-state index in [9.17, 15) is 0 Å². The van der Waals surface area contributed by atoms with Gasteiger partial charge in [0.1, 0.15) is 5.84 Å². The molecule has 1 aliphatic heterocycles. The minimum atomic E-state index is 0. The maximum Gasteiger partial charge on any atom is 0.126 e. The van der Waals surface area contributed by atoms with Gasteiger partial charge in [-0.1, -0.05) is 48.5 Å². The minimum Gasteiger partial charge on any atom is -0.383 e. The number of amidine groups is 1. The first-order chi connectivity index (χ1) is 9.78. The highest BCUT2D eigenvalue weighted by Crippen LogP contribution is 2.29. The summed E-state index contributed by atoms with van der Waals surface area (Å²) >= 11 is 0. The molecule has 21 heavy (non-hydrogen) atoms. The third-order valence-corrected chi connectivity index (χ3v) is 3.77. The van der Waals surface area contributed by atoms with Crippen LogP contribution in [0.1, 0.15) is 28.3 Å². The molecule has 0 radical (unpaired) electrons. The number of nitrogens with two attached hydrogens (primary N) is 2. The summed E-state index contributed by atoms with van der Waals surface area (Å²) in [5.41, 5.74) is 16.5. The van der Waals surface area contributed by atoms with Crippen LogP contribution >= 0.6 is 12.4 Å². The van der Waals surface area contributed by atoms with Crippen LogP contribution in [0.25, 0.3) is 0 Å². The molecule has 0 spiro atoms. The number of halogens is 1. The van der Waals surface area contributed by atoms with Crippen LogP contribution in [0.15, 0.2) is 53.5 Å². The maximum atomic E-state index is 6.10. The minimum absolute atomic E-state index is 0. The first-order valence-electron chi connectivity index (χ1n) is 6.98. The normalized spacial score (nSPS) is 16.6. The van der Waals surface area contributed by atoms with Crippen LogP contribution in [0.5, 0.6) is 0 Å². The molecule has 0 saturated carbocycles. The number of hydrogen-bond donors (Lipinski definition) is 2. The van der Waals surface area contributed by atoms with Gasteiger partial charge in [-0.2, -0.15) is 0 Å². The molecule has 0 aromatic heterocycles. The zero-order valence-electron chi connectivity index (χ0n) is 11.8. The Balaban J connectivity index is 0.00000161. The number of hydrogen-bond acceptors (Lipinski definition) is 3. The van der Waals surface area contributed by atoms with Gasteiger partial charge in [-0.15, -0.1) is 12.4 Å².